The summed E-state index contributed by atoms with van der Waals surface area (Å²) < 4.78 is 24.2. The van der Waals surface area contributed by atoms with Crippen LogP contribution in [0.4, 0.5) is 10.1 Å². The van der Waals surface area contributed by atoms with Crippen LogP contribution in [0.3, 0.4) is 0 Å². The van der Waals surface area contributed by atoms with Gasteiger partial charge >= 0.3 is 0 Å². The van der Waals surface area contributed by atoms with E-state index >= 15 is 0 Å². The van der Waals surface area contributed by atoms with E-state index in [0.717, 1.165) is 0 Å². The van der Waals surface area contributed by atoms with Crippen LogP contribution in [0.1, 0.15) is 0 Å². The lowest BCUT2D eigenvalue weighted by Crippen LogP contribution is -1.92. The number of halogens is 1. The lowest BCUT2D eigenvalue weighted by molar-refractivity contribution is 0.394. The van der Waals surface area contributed by atoms with E-state index in [4.69, 9.17) is 15.2 Å². The first kappa shape index (κ1) is 12.2. The molecule has 0 saturated heterocycles. The van der Waals surface area contributed by atoms with Crippen LogP contribution in [0.25, 0.3) is 11.1 Å². The van der Waals surface area contributed by atoms with Crippen LogP contribution in [-0.2, 0) is 0 Å². The summed E-state index contributed by atoms with van der Waals surface area (Å²) in [4.78, 5) is 0. The number of hydrogen-bond donors (Lipinski definition) is 1. The number of benzene rings is 2. The Morgan fingerprint density at radius 2 is 1.56 bits per heavy atom. The number of methoxy groups -OCH3 is 2. The molecule has 0 saturated carbocycles. The van der Waals surface area contributed by atoms with Crippen LogP contribution in [-0.4, -0.2) is 14.2 Å². The van der Waals surface area contributed by atoms with Gasteiger partial charge in [-0.25, -0.2) is 4.39 Å². The molecule has 0 amide bonds. The maximum atomic E-state index is 13.8. The Kier molecular flexibility index (Phi) is 3.37. The number of ether oxygens (including phenoxy) is 2. The van der Waals surface area contributed by atoms with E-state index in [-0.39, 0.29) is 5.82 Å². The van der Waals surface area contributed by atoms with Gasteiger partial charge in [0.25, 0.3) is 0 Å². The number of hydrogen-bond acceptors (Lipinski definition) is 3. The van der Waals surface area contributed by atoms with Gasteiger partial charge < -0.3 is 15.2 Å². The summed E-state index contributed by atoms with van der Waals surface area (Å²) >= 11 is 0. The first-order valence-electron chi connectivity index (χ1n) is 5.42. The van der Waals surface area contributed by atoms with Crippen molar-refractivity contribution in [1.82, 2.24) is 0 Å². The van der Waals surface area contributed by atoms with Gasteiger partial charge in [-0.3, -0.25) is 0 Å². The van der Waals surface area contributed by atoms with Crippen LogP contribution in [0.15, 0.2) is 36.4 Å². The third-order valence-corrected chi connectivity index (χ3v) is 2.66. The smallest absolute Gasteiger partial charge is 0.133 e. The van der Waals surface area contributed by atoms with Crippen LogP contribution < -0.4 is 15.2 Å². The quantitative estimate of drug-likeness (QED) is 0.848. The average Bonchev–Trinajstić information content (AvgIpc) is 2.38. The number of nitrogen functional groups attached to an aromatic ring is 1. The van der Waals surface area contributed by atoms with Gasteiger partial charge in [-0.2, -0.15) is 0 Å². The van der Waals surface area contributed by atoms with Crippen LogP contribution in [0.2, 0.25) is 0 Å². The molecule has 0 spiro atoms. The van der Waals surface area contributed by atoms with Gasteiger partial charge in [-0.1, -0.05) is 0 Å². The van der Waals surface area contributed by atoms with Gasteiger partial charge in [0, 0.05) is 17.3 Å². The molecule has 4 heteroatoms. The predicted molar refractivity (Wildman–Crippen MR) is 69.4 cm³/mol. The molecule has 0 fully saturated rings. The van der Waals surface area contributed by atoms with E-state index < -0.39 is 0 Å². The summed E-state index contributed by atoms with van der Waals surface area (Å²) in [5.41, 5.74) is 7.07. The summed E-state index contributed by atoms with van der Waals surface area (Å²) in [5.74, 6) is 0.853. The summed E-state index contributed by atoms with van der Waals surface area (Å²) in [6, 6.07) is 9.82. The zero-order chi connectivity index (χ0) is 13.1. The van der Waals surface area contributed by atoms with Crippen molar-refractivity contribution in [3.8, 4) is 22.6 Å². The molecular weight excluding hydrogens is 233 g/mol. The third-order valence-electron chi connectivity index (χ3n) is 2.66. The van der Waals surface area contributed by atoms with Crippen molar-refractivity contribution in [2.75, 3.05) is 20.0 Å². The lowest BCUT2D eigenvalue weighted by atomic mass is 10.0. The van der Waals surface area contributed by atoms with Gasteiger partial charge in [0.2, 0.25) is 0 Å². The second-order valence-electron chi connectivity index (χ2n) is 3.84. The normalized spacial score (nSPS) is 10.2. The molecule has 2 rings (SSSR count). The summed E-state index contributed by atoms with van der Waals surface area (Å²) in [7, 11) is 3.11. The maximum Gasteiger partial charge on any atom is 0.133 e. The van der Waals surface area contributed by atoms with Crippen molar-refractivity contribution < 1.29 is 13.9 Å². The van der Waals surface area contributed by atoms with E-state index in [1.165, 1.54) is 6.07 Å². The Balaban J connectivity index is 2.55. The van der Waals surface area contributed by atoms with E-state index in [1.54, 1.807) is 44.6 Å². The van der Waals surface area contributed by atoms with Crippen LogP contribution >= 0.6 is 0 Å². The third kappa shape index (κ3) is 2.37. The van der Waals surface area contributed by atoms with Crippen LogP contribution in [0.5, 0.6) is 11.5 Å². The molecule has 18 heavy (non-hydrogen) atoms. The summed E-state index contributed by atoms with van der Waals surface area (Å²) in [5, 5.41) is 0. The van der Waals surface area contributed by atoms with Crippen molar-refractivity contribution in [3.05, 3.63) is 42.2 Å². The van der Waals surface area contributed by atoms with E-state index in [9.17, 15) is 4.39 Å². The zero-order valence-electron chi connectivity index (χ0n) is 10.2. The molecular formula is C14H14FNO2. The first-order valence-corrected chi connectivity index (χ1v) is 5.42. The second-order valence-corrected chi connectivity index (χ2v) is 3.84. The molecule has 2 aromatic carbocycles. The topological polar surface area (TPSA) is 44.5 Å². The standard InChI is InChI=1S/C14H14FNO2/c1-17-11-5-9(6-12(8-11)18-2)13-4-3-10(16)7-14(13)15/h3-8H,16H2,1-2H3. The molecule has 0 aliphatic rings. The van der Waals surface area contributed by atoms with Crippen molar-refractivity contribution in [2.24, 2.45) is 0 Å². The number of anilines is 1. The molecule has 0 radical (unpaired) electrons. The van der Waals surface area contributed by atoms with Gasteiger partial charge in [-0.15, -0.1) is 0 Å². The fourth-order valence-electron chi connectivity index (χ4n) is 1.73. The van der Waals surface area contributed by atoms with Crippen molar-refractivity contribution >= 4 is 5.69 Å². The van der Waals surface area contributed by atoms with Crippen molar-refractivity contribution in [2.45, 2.75) is 0 Å². The Morgan fingerprint density at radius 3 is 2.06 bits per heavy atom. The molecule has 0 aliphatic heterocycles. The molecule has 3 nitrogen and oxygen atoms in total. The summed E-state index contributed by atoms with van der Waals surface area (Å²) in [6.45, 7) is 0. The highest BCUT2D eigenvalue weighted by atomic mass is 19.1. The fraction of sp³-hybridized carbons (Fsp3) is 0.143. The molecule has 2 N–H and O–H groups in total. The SMILES string of the molecule is COc1cc(OC)cc(-c2ccc(N)cc2F)c1. The van der Waals surface area contributed by atoms with E-state index in [1.807, 2.05) is 0 Å². The monoisotopic (exact) mass is 247 g/mol. The minimum Gasteiger partial charge on any atom is -0.497 e. The minimum absolute atomic E-state index is 0.370. The van der Waals surface area contributed by atoms with E-state index in [0.29, 0.717) is 28.3 Å². The lowest BCUT2D eigenvalue weighted by Gasteiger charge is -2.09. The summed E-state index contributed by atoms with van der Waals surface area (Å²) in [6.07, 6.45) is 0. The maximum absolute atomic E-state index is 13.8. The molecule has 2 aromatic rings. The predicted octanol–water partition coefficient (Wildman–Crippen LogP) is 3.09. The van der Waals surface area contributed by atoms with Gasteiger partial charge in [-0.05, 0) is 35.9 Å². The average molecular weight is 247 g/mol. The Hall–Kier alpha value is -2.23. The van der Waals surface area contributed by atoms with Crippen molar-refractivity contribution in [3.63, 3.8) is 0 Å². The molecule has 0 aromatic heterocycles. The van der Waals surface area contributed by atoms with Gasteiger partial charge in [0.1, 0.15) is 17.3 Å². The molecule has 0 atom stereocenters. The molecule has 0 unspecified atom stereocenters. The van der Waals surface area contributed by atoms with Crippen LogP contribution in [0, 0.1) is 5.82 Å². The Labute approximate surface area is 105 Å². The van der Waals surface area contributed by atoms with Gasteiger partial charge in [0.15, 0.2) is 0 Å². The second kappa shape index (κ2) is 4.96. The first-order chi connectivity index (χ1) is 8.63. The van der Waals surface area contributed by atoms with Gasteiger partial charge in [0.05, 0.1) is 14.2 Å². The highest BCUT2D eigenvalue weighted by Crippen LogP contribution is 2.31. The highest BCUT2D eigenvalue weighted by molar-refractivity contribution is 5.69. The fourth-order valence-corrected chi connectivity index (χ4v) is 1.73. The molecule has 0 aliphatic carbocycles. The molecule has 0 bridgehead atoms. The minimum atomic E-state index is -0.370. The van der Waals surface area contributed by atoms with Crippen molar-refractivity contribution in [1.29, 1.82) is 0 Å². The molecule has 0 heterocycles. The zero-order valence-corrected chi connectivity index (χ0v) is 10.2. The number of nitrogens with two attached hydrogens (primary N) is 1. The molecule has 94 valence electrons. The Bertz CT molecular complexity index is 547. The van der Waals surface area contributed by atoms with E-state index in [2.05, 4.69) is 0 Å². The largest absolute Gasteiger partial charge is 0.497 e. The highest BCUT2D eigenvalue weighted by Gasteiger charge is 2.09. The number of rotatable bonds is 3. The Morgan fingerprint density at radius 1 is 0.944 bits per heavy atom.